The van der Waals surface area contributed by atoms with Gasteiger partial charge in [-0.25, -0.2) is 4.98 Å². The van der Waals surface area contributed by atoms with Crippen molar-refractivity contribution < 1.29 is 4.79 Å². The van der Waals surface area contributed by atoms with Crippen LogP contribution in [0.5, 0.6) is 0 Å². The summed E-state index contributed by atoms with van der Waals surface area (Å²) in [6.45, 7) is 2.58. The van der Waals surface area contributed by atoms with Gasteiger partial charge in [0, 0.05) is 30.5 Å². The molecule has 0 saturated carbocycles. The molecule has 0 unspecified atom stereocenters. The fourth-order valence-electron chi connectivity index (χ4n) is 2.69. The molecule has 3 rings (SSSR count). The van der Waals surface area contributed by atoms with Crippen LogP contribution >= 0.6 is 0 Å². The van der Waals surface area contributed by atoms with Gasteiger partial charge in [-0.2, -0.15) is 5.10 Å². The van der Waals surface area contributed by atoms with Crippen molar-refractivity contribution in [3.8, 4) is 0 Å². The highest BCUT2D eigenvalue weighted by atomic mass is 16.1. The number of nitrogens with two attached hydrogens (primary N) is 1. The average Bonchev–Trinajstić information content (AvgIpc) is 3.03. The molecule has 0 saturated heterocycles. The first-order chi connectivity index (χ1) is 10.1. The highest BCUT2D eigenvalue weighted by Gasteiger charge is 2.19. The smallest absolute Gasteiger partial charge is 0.252 e. The zero-order valence-corrected chi connectivity index (χ0v) is 12.3. The third-order valence-corrected chi connectivity index (χ3v) is 4.10. The molecule has 6 nitrogen and oxygen atoms in total. The number of fused-ring (bicyclic) bond motifs is 1. The fraction of sp³-hybridized carbons (Fsp3) is 0.400. The normalized spacial score (nSPS) is 13.2. The molecular weight excluding hydrogens is 266 g/mol. The van der Waals surface area contributed by atoms with Crippen molar-refractivity contribution in [2.75, 3.05) is 5.32 Å². The Bertz CT molecular complexity index is 704. The summed E-state index contributed by atoms with van der Waals surface area (Å²) in [5, 5.41) is 7.44. The molecule has 110 valence electrons. The van der Waals surface area contributed by atoms with Gasteiger partial charge in [0.15, 0.2) is 0 Å². The maximum absolute atomic E-state index is 11.6. The van der Waals surface area contributed by atoms with E-state index in [0.29, 0.717) is 17.9 Å². The van der Waals surface area contributed by atoms with E-state index in [0.717, 1.165) is 41.8 Å². The maximum Gasteiger partial charge on any atom is 0.252 e. The van der Waals surface area contributed by atoms with Crippen LogP contribution in [0.3, 0.4) is 0 Å². The molecule has 0 radical (unpaired) electrons. The van der Waals surface area contributed by atoms with Crippen molar-refractivity contribution in [1.29, 1.82) is 0 Å². The Labute approximate surface area is 123 Å². The lowest BCUT2D eigenvalue weighted by atomic mass is 10.1. The van der Waals surface area contributed by atoms with E-state index in [1.165, 1.54) is 0 Å². The number of primary amides is 1. The van der Waals surface area contributed by atoms with Crippen LogP contribution < -0.4 is 11.1 Å². The lowest BCUT2D eigenvalue weighted by Gasteiger charge is -2.11. The molecule has 3 N–H and O–H groups in total. The number of anilines is 1. The van der Waals surface area contributed by atoms with Crippen LogP contribution in [0.15, 0.2) is 12.3 Å². The summed E-state index contributed by atoms with van der Waals surface area (Å²) >= 11 is 0. The van der Waals surface area contributed by atoms with Crippen molar-refractivity contribution in [2.45, 2.75) is 32.7 Å². The van der Waals surface area contributed by atoms with Crippen LogP contribution in [-0.2, 0) is 26.4 Å². The molecule has 0 spiro atoms. The topological polar surface area (TPSA) is 85.8 Å². The van der Waals surface area contributed by atoms with Gasteiger partial charge in [0.05, 0.1) is 11.8 Å². The Morgan fingerprint density at radius 1 is 1.48 bits per heavy atom. The number of nitrogens with one attached hydrogen (secondary N) is 1. The third-order valence-electron chi connectivity index (χ3n) is 4.10. The van der Waals surface area contributed by atoms with Crippen molar-refractivity contribution in [3.05, 3.63) is 40.3 Å². The molecule has 0 aromatic carbocycles. The first-order valence-corrected chi connectivity index (χ1v) is 7.10. The van der Waals surface area contributed by atoms with E-state index in [1.54, 1.807) is 0 Å². The van der Waals surface area contributed by atoms with Gasteiger partial charge >= 0.3 is 0 Å². The van der Waals surface area contributed by atoms with Crippen LogP contribution in [-0.4, -0.2) is 20.7 Å². The van der Waals surface area contributed by atoms with Gasteiger partial charge in [-0.3, -0.25) is 9.48 Å². The molecule has 0 atom stereocenters. The van der Waals surface area contributed by atoms with E-state index in [9.17, 15) is 4.79 Å². The standard InChI is InChI=1S/C15H19N5O/c1-9-11(8-18-20(9)2)7-17-15-12(14(16)21)6-10-4-3-5-13(10)19-15/h6,8H,3-5,7H2,1-2H3,(H2,16,21)(H,17,19). The number of nitrogens with zero attached hydrogens (tertiary/aromatic N) is 3. The van der Waals surface area contributed by atoms with Gasteiger partial charge in [0.1, 0.15) is 5.82 Å². The zero-order chi connectivity index (χ0) is 15.0. The van der Waals surface area contributed by atoms with Crippen molar-refractivity contribution in [1.82, 2.24) is 14.8 Å². The summed E-state index contributed by atoms with van der Waals surface area (Å²) in [6, 6.07) is 1.89. The van der Waals surface area contributed by atoms with E-state index >= 15 is 0 Å². The van der Waals surface area contributed by atoms with Crippen molar-refractivity contribution in [3.63, 3.8) is 0 Å². The molecule has 1 aliphatic carbocycles. The predicted molar refractivity (Wildman–Crippen MR) is 80.1 cm³/mol. The van der Waals surface area contributed by atoms with E-state index in [1.807, 2.05) is 30.9 Å². The number of amides is 1. The number of aryl methyl sites for hydroxylation is 3. The Morgan fingerprint density at radius 2 is 2.29 bits per heavy atom. The molecule has 21 heavy (non-hydrogen) atoms. The van der Waals surface area contributed by atoms with Crippen LogP contribution in [0.2, 0.25) is 0 Å². The average molecular weight is 285 g/mol. The summed E-state index contributed by atoms with van der Waals surface area (Å²) in [5.74, 6) is 0.133. The van der Waals surface area contributed by atoms with Crippen LogP contribution in [0.4, 0.5) is 5.82 Å². The van der Waals surface area contributed by atoms with E-state index in [4.69, 9.17) is 5.73 Å². The molecule has 0 aliphatic heterocycles. The minimum Gasteiger partial charge on any atom is -0.365 e. The van der Waals surface area contributed by atoms with Gasteiger partial charge < -0.3 is 11.1 Å². The van der Waals surface area contributed by atoms with Crippen LogP contribution in [0, 0.1) is 6.92 Å². The van der Waals surface area contributed by atoms with E-state index in [-0.39, 0.29) is 0 Å². The molecular formula is C15H19N5O. The fourth-order valence-corrected chi connectivity index (χ4v) is 2.69. The van der Waals surface area contributed by atoms with Crippen molar-refractivity contribution in [2.24, 2.45) is 12.8 Å². The number of hydrogen-bond donors (Lipinski definition) is 2. The molecule has 1 amide bonds. The molecule has 0 fully saturated rings. The summed E-state index contributed by atoms with van der Waals surface area (Å²) in [5.41, 5.74) is 10.3. The molecule has 2 aromatic heterocycles. The van der Waals surface area contributed by atoms with Gasteiger partial charge in [0.2, 0.25) is 0 Å². The Morgan fingerprint density at radius 3 is 2.95 bits per heavy atom. The van der Waals surface area contributed by atoms with Gasteiger partial charge in [0.25, 0.3) is 5.91 Å². The SMILES string of the molecule is Cc1c(CNc2nc3c(cc2C(N)=O)CCC3)cnn1C. The van der Waals surface area contributed by atoms with Crippen LogP contribution in [0.25, 0.3) is 0 Å². The quantitative estimate of drug-likeness (QED) is 0.887. The lowest BCUT2D eigenvalue weighted by Crippen LogP contribution is -2.17. The maximum atomic E-state index is 11.6. The largest absolute Gasteiger partial charge is 0.365 e. The van der Waals surface area contributed by atoms with E-state index in [2.05, 4.69) is 15.4 Å². The Kier molecular flexibility index (Phi) is 3.37. The van der Waals surface area contributed by atoms with Gasteiger partial charge in [-0.15, -0.1) is 0 Å². The highest BCUT2D eigenvalue weighted by molar-refractivity contribution is 5.97. The lowest BCUT2D eigenvalue weighted by molar-refractivity contribution is 0.100. The Balaban J connectivity index is 1.87. The number of hydrogen-bond acceptors (Lipinski definition) is 4. The minimum atomic E-state index is -0.442. The molecule has 2 heterocycles. The number of carbonyl (C=O) groups is 1. The van der Waals surface area contributed by atoms with Gasteiger partial charge in [-0.1, -0.05) is 0 Å². The van der Waals surface area contributed by atoms with Crippen molar-refractivity contribution >= 4 is 11.7 Å². The summed E-state index contributed by atoms with van der Waals surface area (Å²) in [4.78, 5) is 16.2. The number of aromatic nitrogens is 3. The molecule has 1 aliphatic rings. The molecule has 6 heteroatoms. The molecule has 0 bridgehead atoms. The Hall–Kier alpha value is -2.37. The second kappa shape index (κ2) is 5.20. The first-order valence-electron chi connectivity index (χ1n) is 7.10. The number of carbonyl (C=O) groups excluding carboxylic acids is 1. The van der Waals surface area contributed by atoms with Crippen LogP contribution in [0.1, 0.15) is 39.3 Å². The predicted octanol–water partition coefficient (Wildman–Crippen LogP) is 1.32. The number of rotatable bonds is 4. The molecule has 2 aromatic rings. The minimum absolute atomic E-state index is 0.442. The highest BCUT2D eigenvalue weighted by Crippen LogP contribution is 2.25. The summed E-state index contributed by atoms with van der Waals surface area (Å²) in [6.07, 6.45) is 4.85. The second-order valence-electron chi connectivity index (χ2n) is 5.44. The number of pyridine rings is 1. The first kappa shape index (κ1) is 13.6. The second-order valence-corrected chi connectivity index (χ2v) is 5.44. The van der Waals surface area contributed by atoms with E-state index < -0.39 is 5.91 Å². The monoisotopic (exact) mass is 285 g/mol. The summed E-state index contributed by atoms with van der Waals surface area (Å²) < 4.78 is 1.82. The zero-order valence-electron chi connectivity index (χ0n) is 12.3. The van der Waals surface area contributed by atoms with Gasteiger partial charge in [-0.05, 0) is 37.8 Å². The summed E-state index contributed by atoms with van der Waals surface area (Å²) in [7, 11) is 1.90. The third kappa shape index (κ3) is 2.49.